The molecule has 4 rings (SSSR count). The van der Waals surface area contributed by atoms with Gasteiger partial charge in [0.2, 0.25) is 5.82 Å². The molecule has 186 valence electrons. The maximum absolute atomic E-state index is 14.9. The quantitative estimate of drug-likeness (QED) is 0.274. The molecule has 2 nitrogen and oxygen atoms in total. The second-order valence-corrected chi connectivity index (χ2v) is 8.96. The first-order valence-corrected chi connectivity index (χ1v) is 11.4. The van der Waals surface area contributed by atoms with Crippen LogP contribution in [-0.4, -0.2) is 12.7 Å². The van der Waals surface area contributed by atoms with Crippen LogP contribution in [0.25, 0.3) is 11.1 Å². The molecule has 0 aromatic heterocycles. The summed E-state index contributed by atoms with van der Waals surface area (Å²) in [6.07, 6.45) is -4.17. The number of halogens is 7. The van der Waals surface area contributed by atoms with E-state index in [0.717, 1.165) is 31.0 Å². The van der Waals surface area contributed by atoms with E-state index in [1.165, 1.54) is 6.07 Å². The Labute approximate surface area is 193 Å². The third kappa shape index (κ3) is 4.90. The van der Waals surface area contributed by atoms with E-state index in [2.05, 4.69) is 4.74 Å². The number of benzene rings is 2. The lowest BCUT2D eigenvalue weighted by Crippen LogP contribution is -2.37. The second kappa shape index (κ2) is 9.76. The maximum atomic E-state index is 14.9. The third-order valence-electron chi connectivity index (χ3n) is 6.71. The Kier molecular flexibility index (Phi) is 7.12. The van der Waals surface area contributed by atoms with E-state index < -0.39 is 64.4 Å². The Hall–Kier alpha value is -2.29. The average Bonchev–Trinajstić information content (AvgIpc) is 3.62. The van der Waals surface area contributed by atoms with Crippen molar-refractivity contribution in [3.05, 3.63) is 52.8 Å². The van der Waals surface area contributed by atoms with E-state index in [-0.39, 0.29) is 25.0 Å². The third-order valence-corrected chi connectivity index (χ3v) is 6.71. The minimum absolute atomic E-state index is 0.104. The fraction of sp³-hybridized carbons (Fsp3) is 0.520. The van der Waals surface area contributed by atoms with Gasteiger partial charge in [0.05, 0.1) is 18.1 Å². The first-order chi connectivity index (χ1) is 16.1. The van der Waals surface area contributed by atoms with Crippen molar-refractivity contribution >= 4 is 0 Å². The van der Waals surface area contributed by atoms with Gasteiger partial charge in [0.25, 0.3) is 6.43 Å². The summed E-state index contributed by atoms with van der Waals surface area (Å²) in [5.41, 5.74) is -2.45. The van der Waals surface area contributed by atoms with Gasteiger partial charge in [-0.3, -0.25) is 0 Å². The van der Waals surface area contributed by atoms with Gasteiger partial charge in [-0.1, -0.05) is 31.9 Å². The van der Waals surface area contributed by atoms with Gasteiger partial charge in [-0.05, 0) is 49.3 Å². The van der Waals surface area contributed by atoms with E-state index in [1.54, 1.807) is 0 Å². The van der Waals surface area contributed by atoms with Gasteiger partial charge in [0, 0.05) is 11.1 Å². The topological polar surface area (TPSA) is 21.8 Å². The number of ether oxygens (including phenoxy) is 2. The summed E-state index contributed by atoms with van der Waals surface area (Å²) < 4.78 is 110. The summed E-state index contributed by atoms with van der Waals surface area (Å²) in [5.74, 6) is -6.47. The Morgan fingerprint density at radius 3 is 2.18 bits per heavy atom. The van der Waals surface area contributed by atoms with Crippen molar-refractivity contribution in [2.24, 2.45) is 11.8 Å². The molecule has 1 heterocycles. The maximum Gasteiger partial charge on any atom is 0.400 e. The van der Waals surface area contributed by atoms with Crippen LogP contribution in [-0.2, 0) is 4.74 Å². The molecule has 0 N–H and O–H groups in total. The fourth-order valence-corrected chi connectivity index (χ4v) is 4.78. The lowest BCUT2D eigenvalue weighted by Gasteiger charge is -2.33. The molecule has 1 saturated heterocycles. The highest BCUT2D eigenvalue weighted by atomic mass is 19.3. The molecule has 1 aliphatic carbocycles. The van der Waals surface area contributed by atoms with Crippen molar-refractivity contribution in [2.45, 2.75) is 64.1 Å². The van der Waals surface area contributed by atoms with Crippen LogP contribution in [0.3, 0.4) is 0 Å². The molecule has 2 fully saturated rings. The molecule has 9 heteroatoms. The number of hydrogen-bond donors (Lipinski definition) is 0. The van der Waals surface area contributed by atoms with Crippen molar-refractivity contribution in [3.63, 3.8) is 0 Å². The fourth-order valence-electron chi connectivity index (χ4n) is 4.78. The van der Waals surface area contributed by atoms with E-state index >= 15 is 0 Å². The van der Waals surface area contributed by atoms with Gasteiger partial charge in [-0.2, -0.15) is 13.2 Å². The Balaban J connectivity index is 1.59. The van der Waals surface area contributed by atoms with Crippen LogP contribution < -0.4 is 4.74 Å². The smallest absolute Gasteiger partial charge is 0.400 e. The largest absolute Gasteiger partial charge is 0.429 e. The molecule has 1 aliphatic heterocycles. The second-order valence-electron chi connectivity index (χ2n) is 8.96. The lowest BCUT2D eigenvalue weighted by atomic mass is 9.79. The molecule has 34 heavy (non-hydrogen) atoms. The molecule has 0 spiro atoms. The zero-order chi connectivity index (χ0) is 24.6. The van der Waals surface area contributed by atoms with Crippen LogP contribution in [0.2, 0.25) is 0 Å². The van der Waals surface area contributed by atoms with Crippen LogP contribution in [0.15, 0.2) is 24.3 Å². The van der Waals surface area contributed by atoms with Gasteiger partial charge < -0.3 is 9.47 Å². The summed E-state index contributed by atoms with van der Waals surface area (Å²) >= 11 is 0. The molecule has 1 atom stereocenters. The molecule has 1 saturated carbocycles. The van der Waals surface area contributed by atoms with Gasteiger partial charge in [-0.15, -0.1) is 0 Å². The average molecular weight is 490 g/mol. The standard InChI is InChI=1S/C25H25F7O2/c1-2-3-13-4-6-14(7-5-13)25(31,32)34-18-11-10-16(22(27)23(18)28)15-8-9-17(19-12-33-19)21(26)20(15)24(29)30/h8-11,13-14,19,24H,2-7,12H2,1H3. The molecular formula is C25H25F7O2. The minimum atomic E-state index is -3.72. The lowest BCUT2D eigenvalue weighted by molar-refractivity contribution is -0.224. The normalized spacial score (nSPS) is 22.8. The zero-order valence-corrected chi connectivity index (χ0v) is 18.5. The molecule has 0 radical (unpaired) electrons. The SMILES string of the molecule is CCCC1CCC(C(F)(F)Oc2ccc(-c3ccc(C4CO4)c(F)c3C(F)F)c(F)c2F)CC1. The van der Waals surface area contributed by atoms with Crippen molar-refractivity contribution in [3.8, 4) is 16.9 Å². The predicted octanol–water partition coefficient (Wildman–Crippen LogP) is 8.36. The molecule has 2 aliphatic rings. The molecule has 0 amide bonds. The minimum Gasteiger partial charge on any atom is -0.429 e. The van der Waals surface area contributed by atoms with Crippen LogP contribution >= 0.6 is 0 Å². The molecular weight excluding hydrogens is 465 g/mol. The molecule has 2 aromatic carbocycles. The Bertz CT molecular complexity index is 1030. The van der Waals surface area contributed by atoms with E-state index in [9.17, 15) is 30.7 Å². The van der Waals surface area contributed by atoms with Crippen molar-refractivity contribution < 1.29 is 40.2 Å². The monoisotopic (exact) mass is 490 g/mol. The van der Waals surface area contributed by atoms with Gasteiger partial charge in [-0.25, -0.2) is 17.6 Å². The van der Waals surface area contributed by atoms with E-state index in [0.29, 0.717) is 18.8 Å². The van der Waals surface area contributed by atoms with Crippen LogP contribution in [0.1, 0.15) is 69.1 Å². The highest BCUT2D eigenvalue weighted by Gasteiger charge is 2.44. The molecule has 0 bridgehead atoms. The Morgan fingerprint density at radius 2 is 1.59 bits per heavy atom. The predicted molar refractivity (Wildman–Crippen MR) is 111 cm³/mol. The van der Waals surface area contributed by atoms with Crippen LogP contribution in [0.4, 0.5) is 30.7 Å². The van der Waals surface area contributed by atoms with Crippen LogP contribution in [0, 0.1) is 29.3 Å². The summed E-state index contributed by atoms with van der Waals surface area (Å²) in [7, 11) is 0. The van der Waals surface area contributed by atoms with Crippen molar-refractivity contribution in [1.82, 2.24) is 0 Å². The highest BCUT2D eigenvalue weighted by molar-refractivity contribution is 5.70. The van der Waals surface area contributed by atoms with Gasteiger partial charge >= 0.3 is 6.11 Å². The summed E-state index contributed by atoms with van der Waals surface area (Å²) in [6, 6.07) is 3.81. The first kappa shape index (κ1) is 24.8. The number of rotatable bonds is 8. The van der Waals surface area contributed by atoms with Crippen LogP contribution in [0.5, 0.6) is 5.75 Å². The number of hydrogen-bond acceptors (Lipinski definition) is 2. The summed E-state index contributed by atoms with van der Waals surface area (Å²) in [5, 5.41) is 0. The zero-order valence-electron chi connectivity index (χ0n) is 18.5. The highest BCUT2D eigenvalue weighted by Crippen LogP contribution is 2.44. The van der Waals surface area contributed by atoms with Gasteiger partial charge in [0.1, 0.15) is 11.9 Å². The number of epoxide rings is 1. The first-order valence-electron chi connectivity index (χ1n) is 11.4. The molecule has 1 unspecified atom stereocenters. The van der Waals surface area contributed by atoms with E-state index in [4.69, 9.17) is 4.74 Å². The van der Waals surface area contributed by atoms with Crippen molar-refractivity contribution in [2.75, 3.05) is 6.61 Å². The van der Waals surface area contributed by atoms with Crippen molar-refractivity contribution in [1.29, 1.82) is 0 Å². The van der Waals surface area contributed by atoms with Gasteiger partial charge in [0.15, 0.2) is 11.6 Å². The number of alkyl halides is 4. The Morgan fingerprint density at radius 1 is 0.941 bits per heavy atom. The summed E-state index contributed by atoms with van der Waals surface area (Å²) in [4.78, 5) is 0. The molecule has 2 aromatic rings. The van der Waals surface area contributed by atoms with E-state index in [1.807, 2.05) is 6.92 Å². The summed E-state index contributed by atoms with van der Waals surface area (Å²) in [6.45, 7) is 2.20.